The first-order chi connectivity index (χ1) is 12.0. The molecule has 1 aliphatic heterocycles. The Labute approximate surface area is 148 Å². The van der Waals surface area contributed by atoms with E-state index in [-0.39, 0.29) is 16.8 Å². The van der Waals surface area contributed by atoms with E-state index >= 15 is 0 Å². The van der Waals surface area contributed by atoms with Crippen molar-refractivity contribution in [1.82, 2.24) is 9.97 Å². The van der Waals surface area contributed by atoms with Gasteiger partial charge in [0.05, 0.1) is 16.6 Å². The molecular formula is C19H13ClFN3O. The van der Waals surface area contributed by atoms with Gasteiger partial charge in [-0.2, -0.15) is 0 Å². The maximum absolute atomic E-state index is 13.5. The van der Waals surface area contributed by atoms with Crippen molar-refractivity contribution in [3.8, 4) is 22.5 Å². The first-order valence-electron chi connectivity index (χ1n) is 7.76. The number of aromatic nitrogens is 2. The SMILES string of the molecule is CC1C(=O)Nc2c(-c3ncccn3)cc(-c3ccc(F)c(Cl)c3)cc21. The molecule has 0 aliphatic carbocycles. The highest BCUT2D eigenvalue weighted by Crippen LogP contribution is 2.42. The first-order valence-corrected chi connectivity index (χ1v) is 8.14. The molecule has 1 aromatic heterocycles. The summed E-state index contributed by atoms with van der Waals surface area (Å²) in [4.78, 5) is 20.7. The van der Waals surface area contributed by atoms with Crippen molar-refractivity contribution in [2.24, 2.45) is 0 Å². The number of nitrogens with one attached hydrogen (secondary N) is 1. The van der Waals surface area contributed by atoms with Crippen molar-refractivity contribution in [3.63, 3.8) is 0 Å². The van der Waals surface area contributed by atoms with Gasteiger partial charge in [0.2, 0.25) is 5.91 Å². The number of rotatable bonds is 2. The number of hydrogen-bond donors (Lipinski definition) is 1. The fourth-order valence-electron chi connectivity index (χ4n) is 2.98. The average Bonchev–Trinajstić information content (AvgIpc) is 2.92. The van der Waals surface area contributed by atoms with Crippen molar-refractivity contribution in [2.45, 2.75) is 12.8 Å². The van der Waals surface area contributed by atoms with Gasteiger partial charge in [0.25, 0.3) is 0 Å². The summed E-state index contributed by atoms with van der Waals surface area (Å²) in [6, 6.07) is 10.1. The number of carbonyl (C=O) groups is 1. The molecule has 0 saturated carbocycles. The lowest BCUT2D eigenvalue weighted by molar-refractivity contribution is -0.116. The van der Waals surface area contributed by atoms with E-state index in [1.165, 1.54) is 6.07 Å². The van der Waals surface area contributed by atoms with Crippen LogP contribution in [0.25, 0.3) is 22.5 Å². The Morgan fingerprint density at radius 2 is 1.88 bits per heavy atom. The molecule has 25 heavy (non-hydrogen) atoms. The number of hydrogen-bond acceptors (Lipinski definition) is 3. The minimum absolute atomic E-state index is 0.0535. The smallest absolute Gasteiger partial charge is 0.231 e. The van der Waals surface area contributed by atoms with Crippen LogP contribution in [0.5, 0.6) is 0 Å². The number of benzene rings is 2. The monoisotopic (exact) mass is 353 g/mol. The number of fused-ring (bicyclic) bond motifs is 1. The van der Waals surface area contributed by atoms with Crippen LogP contribution in [0.1, 0.15) is 18.4 Å². The highest BCUT2D eigenvalue weighted by atomic mass is 35.5. The van der Waals surface area contributed by atoms with Crippen molar-refractivity contribution >= 4 is 23.2 Å². The van der Waals surface area contributed by atoms with E-state index in [9.17, 15) is 9.18 Å². The maximum Gasteiger partial charge on any atom is 0.231 e. The number of amides is 1. The van der Waals surface area contributed by atoms with Crippen LogP contribution in [0.3, 0.4) is 0 Å². The van der Waals surface area contributed by atoms with Crippen LogP contribution in [0, 0.1) is 5.82 Å². The molecule has 4 rings (SSSR count). The van der Waals surface area contributed by atoms with Gasteiger partial charge in [-0.1, -0.05) is 17.7 Å². The van der Waals surface area contributed by atoms with Crippen LogP contribution < -0.4 is 5.32 Å². The Hall–Kier alpha value is -2.79. The predicted octanol–water partition coefficient (Wildman–Crippen LogP) is 4.66. The summed E-state index contributed by atoms with van der Waals surface area (Å²) in [5.41, 5.74) is 3.90. The summed E-state index contributed by atoms with van der Waals surface area (Å²) in [5.74, 6) is -0.304. The van der Waals surface area contributed by atoms with Crippen LogP contribution in [0.2, 0.25) is 5.02 Å². The van der Waals surface area contributed by atoms with Crippen molar-refractivity contribution in [2.75, 3.05) is 5.32 Å². The van der Waals surface area contributed by atoms with Crippen LogP contribution in [-0.4, -0.2) is 15.9 Å². The molecule has 2 heterocycles. The van der Waals surface area contributed by atoms with Crippen LogP contribution >= 0.6 is 11.6 Å². The molecule has 4 nitrogen and oxygen atoms in total. The van der Waals surface area contributed by atoms with E-state index in [1.54, 1.807) is 30.6 Å². The normalized spacial score (nSPS) is 15.8. The van der Waals surface area contributed by atoms with E-state index in [4.69, 9.17) is 11.6 Å². The second-order valence-electron chi connectivity index (χ2n) is 5.90. The Kier molecular flexibility index (Phi) is 3.73. The third-order valence-corrected chi connectivity index (χ3v) is 4.63. The number of carbonyl (C=O) groups excluding carboxylic acids is 1. The third kappa shape index (κ3) is 2.66. The fourth-order valence-corrected chi connectivity index (χ4v) is 3.16. The van der Waals surface area contributed by atoms with E-state index in [1.807, 2.05) is 19.1 Å². The molecule has 124 valence electrons. The number of nitrogens with zero attached hydrogens (tertiary/aromatic N) is 2. The lowest BCUT2D eigenvalue weighted by Gasteiger charge is -2.12. The molecule has 1 unspecified atom stereocenters. The summed E-state index contributed by atoms with van der Waals surface area (Å²) in [6.45, 7) is 1.85. The van der Waals surface area contributed by atoms with Gasteiger partial charge in [0.1, 0.15) is 5.82 Å². The van der Waals surface area contributed by atoms with Gasteiger partial charge in [0, 0.05) is 18.0 Å². The molecule has 0 bridgehead atoms. The Morgan fingerprint density at radius 3 is 2.60 bits per heavy atom. The molecule has 0 saturated heterocycles. The van der Waals surface area contributed by atoms with Gasteiger partial charge in [0.15, 0.2) is 5.82 Å². The van der Waals surface area contributed by atoms with Crippen molar-refractivity contribution in [3.05, 3.63) is 65.2 Å². The summed E-state index contributed by atoms with van der Waals surface area (Å²) in [6.07, 6.45) is 3.30. The Bertz CT molecular complexity index is 991. The zero-order chi connectivity index (χ0) is 17.6. The Morgan fingerprint density at radius 1 is 1.12 bits per heavy atom. The quantitative estimate of drug-likeness (QED) is 0.729. The van der Waals surface area contributed by atoms with Gasteiger partial charge in [-0.05, 0) is 53.9 Å². The largest absolute Gasteiger partial charge is 0.325 e. The molecule has 0 spiro atoms. The zero-order valence-corrected chi connectivity index (χ0v) is 14.0. The van der Waals surface area contributed by atoms with Crippen LogP contribution in [0.4, 0.5) is 10.1 Å². The highest BCUT2D eigenvalue weighted by Gasteiger charge is 2.30. The molecule has 3 aromatic rings. The second kappa shape index (κ2) is 5.93. The first kappa shape index (κ1) is 15.7. The van der Waals surface area contributed by atoms with E-state index in [2.05, 4.69) is 15.3 Å². The van der Waals surface area contributed by atoms with Crippen LogP contribution in [0.15, 0.2) is 48.8 Å². The van der Waals surface area contributed by atoms with Gasteiger partial charge in [-0.3, -0.25) is 4.79 Å². The molecule has 1 amide bonds. The van der Waals surface area contributed by atoms with E-state index in [0.29, 0.717) is 5.82 Å². The standard InChI is InChI=1S/C19H13ClFN3O/c1-10-13-7-12(11-3-4-16(21)15(20)9-11)8-14(17(13)24-19(10)25)18-22-5-2-6-23-18/h2-10H,1H3,(H,24,25). The van der Waals surface area contributed by atoms with Crippen molar-refractivity contribution in [1.29, 1.82) is 0 Å². The average molecular weight is 354 g/mol. The van der Waals surface area contributed by atoms with Crippen LogP contribution in [-0.2, 0) is 4.79 Å². The molecule has 0 fully saturated rings. The summed E-state index contributed by atoms with van der Waals surface area (Å²) >= 11 is 5.92. The summed E-state index contributed by atoms with van der Waals surface area (Å²) < 4.78 is 13.5. The number of anilines is 1. The number of halogens is 2. The molecule has 1 N–H and O–H groups in total. The van der Waals surface area contributed by atoms with Gasteiger partial charge < -0.3 is 5.32 Å². The molecule has 1 aliphatic rings. The minimum atomic E-state index is -0.469. The lowest BCUT2D eigenvalue weighted by atomic mass is 9.93. The maximum atomic E-state index is 13.5. The molecule has 1 atom stereocenters. The highest BCUT2D eigenvalue weighted by molar-refractivity contribution is 6.31. The second-order valence-corrected chi connectivity index (χ2v) is 6.31. The Balaban J connectivity index is 1.95. The molecule has 2 aromatic carbocycles. The lowest BCUT2D eigenvalue weighted by Crippen LogP contribution is -2.08. The molecular weight excluding hydrogens is 341 g/mol. The third-order valence-electron chi connectivity index (χ3n) is 4.34. The topological polar surface area (TPSA) is 54.9 Å². The minimum Gasteiger partial charge on any atom is -0.325 e. The zero-order valence-electron chi connectivity index (χ0n) is 13.3. The van der Waals surface area contributed by atoms with Crippen molar-refractivity contribution < 1.29 is 9.18 Å². The fraction of sp³-hybridized carbons (Fsp3) is 0.105. The molecule has 0 radical (unpaired) electrons. The molecule has 6 heteroatoms. The van der Waals surface area contributed by atoms with Gasteiger partial charge >= 0.3 is 0 Å². The van der Waals surface area contributed by atoms with Gasteiger partial charge in [-0.25, -0.2) is 14.4 Å². The van der Waals surface area contributed by atoms with E-state index in [0.717, 1.165) is 27.9 Å². The summed E-state index contributed by atoms with van der Waals surface area (Å²) in [7, 11) is 0. The summed E-state index contributed by atoms with van der Waals surface area (Å²) in [5, 5.41) is 2.96. The predicted molar refractivity (Wildman–Crippen MR) is 94.9 cm³/mol. The van der Waals surface area contributed by atoms with Gasteiger partial charge in [-0.15, -0.1) is 0 Å². The van der Waals surface area contributed by atoms with E-state index < -0.39 is 5.82 Å².